The number of carbonyl (C=O) groups is 4. The smallest absolute Gasteiger partial charge is 0.412 e. The van der Waals surface area contributed by atoms with Crippen LogP contribution in [0.25, 0.3) is 5.70 Å². The summed E-state index contributed by atoms with van der Waals surface area (Å²) in [4.78, 5) is 55.2. The molecule has 1 heterocycles. The first kappa shape index (κ1) is 34.7. The zero-order valence-electron chi connectivity index (χ0n) is 26.1. The number of halogens is 3. The number of Topliss-reactive ketones (excluding diaryl/α,β-unsaturated/α-hetero) is 1. The summed E-state index contributed by atoms with van der Waals surface area (Å²) in [7, 11) is -2.42. The molecule has 0 radical (unpaired) electrons. The number of hydrogen-bond donors (Lipinski definition) is 1. The summed E-state index contributed by atoms with van der Waals surface area (Å²) in [5.74, 6) is -4.13. The Hall–Kier alpha value is -3.77. The van der Waals surface area contributed by atoms with Crippen LogP contribution in [-0.2, 0) is 30.0 Å². The average Bonchev–Trinajstić information content (AvgIpc) is 2.92. The van der Waals surface area contributed by atoms with Crippen LogP contribution in [0.5, 0.6) is 0 Å². The number of hydrogen-bond acceptors (Lipinski definition) is 5. The molecule has 0 fully saturated rings. The number of benzene rings is 2. The molecule has 12 heteroatoms. The first-order valence-corrected chi connectivity index (χ1v) is 17.2. The Morgan fingerprint density at radius 2 is 1.52 bits per heavy atom. The van der Waals surface area contributed by atoms with E-state index in [1.165, 1.54) is 18.0 Å². The van der Waals surface area contributed by atoms with Crippen molar-refractivity contribution in [2.75, 3.05) is 6.54 Å². The summed E-state index contributed by atoms with van der Waals surface area (Å²) in [5.41, 5.74) is 1.13. The third kappa shape index (κ3) is 8.23. The van der Waals surface area contributed by atoms with Crippen LogP contribution >= 0.6 is 0 Å². The van der Waals surface area contributed by atoms with Crippen LogP contribution in [0.4, 0.5) is 13.2 Å². The molecule has 8 nitrogen and oxygen atoms in total. The maximum atomic E-state index is 14.2. The molecule has 0 saturated heterocycles. The predicted octanol–water partition coefficient (Wildman–Crippen LogP) is 5.31. The molecule has 1 N–H and O–H groups in total. The van der Waals surface area contributed by atoms with Crippen LogP contribution in [0, 0.1) is 0 Å². The van der Waals surface area contributed by atoms with Crippen molar-refractivity contribution in [2.45, 2.75) is 83.5 Å². The summed E-state index contributed by atoms with van der Waals surface area (Å²) >= 11 is 0. The lowest BCUT2D eigenvalue weighted by molar-refractivity contribution is -0.173. The highest BCUT2D eigenvalue weighted by molar-refractivity contribution is 6.74. The summed E-state index contributed by atoms with van der Waals surface area (Å²) in [6.07, 6.45) is -4.89. The summed E-state index contributed by atoms with van der Waals surface area (Å²) in [5, 5.41) is 2.01. The molecule has 0 aromatic heterocycles. The fourth-order valence-corrected chi connectivity index (χ4v) is 6.15. The Morgan fingerprint density at radius 1 is 0.977 bits per heavy atom. The molecule has 3 rings (SSSR count). The van der Waals surface area contributed by atoms with Gasteiger partial charge in [-0.2, -0.15) is 13.2 Å². The first-order valence-electron chi connectivity index (χ1n) is 14.3. The van der Waals surface area contributed by atoms with Crippen molar-refractivity contribution < 1.29 is 36.8 Å². The second-order valence-electron chi connectivity index (χ2n) is 12.4. The van der Waals surface area contributed by atoms with Crippen molar-refractivity contribution >= 4 is 37.5 Å². The van der Waals surface area contributed by atoms with Crippen molar-refractivity contribution in [2.24, 2.45) is 0 Å². The van der Waals surface area contributed by atoms with Crippen molar-refractivity contribution in [3.8, 4) is 0 Å². The number of nitrogens with zero attached hydrogens (tertiary/aromatic N) is 2. The Bertz CT molecular complexity index is 1390. The van der Waals surface area contributed by atoms with Gasteiger partial charge in [0.05, 0.1) is 11.8 Å². The fourth-order valence-electron chi connectivity index (χ4n) is 4.74. The molecule has 2 aromatic carbocycles. The minimum absolute atomic E-state index is 0.205. The van der Waals surface area contributed by atoms with E-state index in [0.717, 1.165) is 4.90 Å². The molecule has 3 amide bonds. The van der Waals surface area contributed by atoms with Gasteiger partial charge in [-0.1, -0.05) is 81.4 Å². The number of carbonyl (C=O) groups excluding carboxylic acids is 4. The molecule has 3 atom stereocenters. The van der Waals surface area contributed by atoms with E-state index in [4.69, 9.17) is 4.43 Å². The zero-order valence-corrected chi connectivity index (χ0v) is 27.1. The second-order valence-corrected chi connectivity index (χ2v) is 17.2. The highest BCUT2D eigenvalue weighted by Gasteiger charge is 2.47. The van der Waals surface area contributed by atoms with E-state index in [9.17, 15) is 32.3 Å². The predicted molar refractivity (Wildman–Crippen MR) is 163 cm³/mol. The SMILES string of the molecule is CC(=O)N1C=C(c2ccccc2)N(CC(=O)NC(Cc2ccccc2)C(=O)C(F)(F)F)C(=O)C1C(C)O[Si](C)(C)C(C)(C)C. The highest BCUT2D eigenvalue weighted by atomic mass is 28.4. The zero-order chi connectivity index (χ0) is 33.0. The lowest BCUT2D eigenvalue weighted by atomic mass is 10.0. The third-order valence-corrected chi connectivity index (χ3v) is 12.6. The van der Waals surface area contributed by atoms with Gasteiger partial charge in [0.1, 0.15) is 18.6 Å². The monoisotopic (exact) mass is 631 g/mol. The van der Waals surface area contributed by atoms with E-state index in [0.29, 0.717) is 11.1 Å². The molecule has 3 unspecified atom stereocenters. The molecule has 2 aromatic rings. The first-order chi connectivity index (χ1) is 20.3. The second kappa shape index (κ2) is 13.5. The number of amides is 3. The topological polar surface area (TPSA) is 96.0 Å². The van der Waals surface area contributed by atoms with Gasteiger partial charge in [-0.15, -0.1) is 0 Å². The van der Waals surface area contributed by atoms with E-state index in [-0.39, 0.29) is 10.7 Å². The van der Waals surface area contributed by atoms with Gasteiger partial charge in [-0.3, -0.25) is 24.1 Å². The van der Waals surface area contributed by atoms with Gasteiger partial charge in [0.15, 0.2) is 8.32 Å². The Labute approximate surface area is 257 Å². The molecule has 44 heavy (non-hydrogen) atoms. The van der Waals surface area contributed by atoms with Crippen LogP contribution in [0.2, 0.25) is 18.1 Å². The van der Waals surface area contributed by atoms with Gasteiger partial charge in [-0.05, 0) is 36.2 Å². The molecule has 1 aliphatic heterocycles. The molecular formula is C32H40F3N3O5Si. The average molecular weight is 632 g/mol. The Morgan fingerprint density at radius 3 is 2.02 bits per heavy atom. The lowest BCUT2D eigenvalue weighted by Crippen LogP contribution is -2.60. The number of ketones is 1. The maximum absolute atomic E-state index is 14.2. The lowest BCUT2D eigenvalue weighted by Gasteiger charge is -2.45. The van der Waals surface area contributed by atoms with E-state index in [2.05, 4.69) is 5.32 Å². The van der Waals surface area contributed by atoms with Gasteiger partial charge >= 0.3 is 6.18 Å². The van der Waals surface area contributed by atoms with E-state index < -0.39 is 69.2 Å². The van der Waals surface area contributed by atoms with Crippen molar-refractivity contribution in [3.05, 3.63) is 78.0 Å². The van der Waals surface area contributed by atoms with E-state index in [1.54, 1.807) is 67.6 Å². The van der Waals surface area contributed by atoms with Crippen molar-refractivity contribution in [1.29, 1.82) is 0 Å². The summed E-state index contributed by atoms with van der Waals surface area (Å²) in [6, 6.07) is 13.5. The van der Waals surface area contributed by atoms with Gasteiger partial charge in [-0.25, -0.2) is 0 Å². The minimum atomic E-state index is -5.19. The van der Waals surface area contributed by atoms with Gasteiger partial charge in [0.25, 0.3) is 11.7 Å². The molecule has 0 spiro atoms. The largest absolute Gasteiger partial charge is 0.452 e. The standard InChI is InChI=1S/C32H40F3N3O5Si/c1-21(43-44(6,7)31(3,4)5)28-30(42)38(26(19-37(28)22(2)39)24-16-12-9-13-17-24)20-27(40)36-25(29(41)32(33,34)35)18-23-14-10-8-11-15-23/h8-17,19,21,25,28H,18,20H2,1-7H3,(H,36,40). The molecular weight excluding hydrogens is 591 g/mol. The van der Waals surface area contributed by atoms with E-state index in [1.807, 2.05) is 33.9 Å². The van der Waals surface area contributed by atoms with Crippen LogP contribution in [0.15, 0.2) is 66.9 Å². The van der Waals surface area contributed by atoms with Crippen LogP contribution in [-0.4, -0.2) is 72.5 Å². The Balaban J connectivity index is 2.00. The number of alkyl halides is 3. The molecule has 1 aliphatic rings. The van der Waals surface area contributed by atoms with Crippen LogP contribution in [0.3, 0.4) is 0 Å². The molecule has 0 aliphatic carbocycles. The molecule has 0 saturated carbocycles. The Kier molecular flexibility index (Phi) is 10.6. The number of rotatable bonds is 10. The highest BCUT2D eigenvalue weighted by Crippen LogP contribution is 2.39. The maximum Gasteiger partial charge on any atom is 0.452 e. The fraction of sp³-hybridized carbons (Fsp3) is 0.438. The molecule has 0 bridgehead atoms. The van der Waals surface area contributed by atoms with Gasteiger partial charge < -0.3 is 14.6 Å². The third-order valence-electron chi connectivity index (χ3n) is 8.05. The normalized spacial score (nSPS) is 17.5. The minimum Gasteiger partial charge on any atom is -0.412 e. The molecule has 238 valence electrons. The van der Waals surface area contributed by atoms with E-state index >= 15 is 0 Å². The number of nitrogens with one attached hydrogen (secondary N) is 1. The summed E-state index contributed by atoms with van der Waals surface area (Å²) < 4.78 is 47.0. The van der Waals surface area contributed by atoms with Crippen molar-refractivity contribution in [3.63, 3.8) is 0 Å². The quantitative estimate of drug-likeness (QED) is 0.359. The van der Waals surface area contributed by atoms with Gasteiger partial charge in [0, 0.05) is 19.5 Å². The van der Waals surface area contributed by atoms with Crippen LogP contribution < -0.4 is 5.32 Å². The van der Waals surface area contributed by atoms with Crippen molar-refractivity contribution in [1.82, 2.24) is 15.1 Å². The van der Waals surface area contributed by atoms with Crippen LogP contribution in [0.1, 0.15) is 45.7 Å². The van der Waals surface area contributed by atoms with Gasteiger partial charge in [0.2, 0.25) is 11.8 Å². The summed E-state index contributed by atoms with van der Waals surface area (Å²) in [6.45, 7) is 12.5.